The predicted octanol–water partition coefficient (Wildman–Crippen LogP) is 2.67. The summed E-state index contributed by atoms with van der Waals surface area (Å²) in [5.74, 6) is -0.115. The zero-order valence-electron chi connectivity index (χ0n) is 11.3. The third-order valence-corrected chi connectivity index (χ3v) is 2.50. The number of rotatable bonds is 2. The summed E-state index contributed by atoms with van der Waals surface area (Å²) in [6, 6.07) is 7.31. The average Bonchev–Trinajstić information content (AvgIpc) is 2.38. The number of carbonyl (C=O) groups is 1. The Balaban J connectivity index is 2.40. The van der Waals surface area contributed by atoms with Crippen LogP contribution < -0.4 is 5.32 Å². The molecule has 0 atom stereocenters. The number of nitrogens with zero attached hydrogens (tertiary/aromatic N) is 2. The van der Waals surface area contributed by atoms with Gasteiger partial charge in [0.15, 0.2) is 0 Å². The number of carbonyl (C=O) groups excluding carboxylic acids is 1. The Bertz CT molecular complexity index is 573. The highest BCUT2D eigenvalue weighted by Gasteiger charge is 2.18. The van der Waals surface area contributed by atoms with Gasteiger partial charge in [-0.3, -0.25) is 14.8 Å². The number of nitrogens with one attached hydrogen (secondary N) is 1. The molecular weight excluding hydrogens is 238 g/mol. The third kappa shape index (κ3) is 3.37. The Morgan fingerprint density at radius 2 is 1.95 bits per heavy atom. The topological polar surface area (TPSA) is 54.9 Å². The lowest BCUT2D eigenvalue weighted by Gasteiger charge is -2.21. The van der Waals surface area contributed by atoms with Gasteiger partial charge in [-0.1, -0.05) is 6.07 Å². The molecule has 0 bridgehead atoms. The lowest BCUT2D eigenvalue weighted by atomic mass is 10.0. The molecule has 2 heterocycles. The maximum absolute atomic E-state index is 12.3. The van der Waals surface area contributed by atoms with Crippen molar-refractivity contribution in [3.63, 3.8) is 0 Å². The van der Waals surface area contributed by atoms with Crippen molar-refractivity contribution in [2.24, 2.45) is 0 Å². The van der Waals surface area contributed by atoms with Crippen LogP contribution >= 0.6 is 0 Å². The molecular formula is C15H17N3O. The van der Waals surface area contributed by atoms with Crippen LogP contribution in [0.15, 0.2) is 42.9 Å². The molecule has 2 rings (SSSR count). The van der Waals surface area contributed by atoms with Crippen molar-refractivity contribution in [3.05, 3.63) is 48.4 Å². The first-order chi connectivity index (χ1) is 8.97. The second kappa shape index (κ2) is 5.18. The first kappa shape index (κ1) is 13.2. The van der Waals surface area contributed by atoms with E-state index < -0.39 is 0 Å². The van der Waals surface area contributed by atoms with Crippen LogP contribution in [-0.4, -0.2) is 21.4 Å². The molecule has 1 amide bonds. The fourth-order valence-corrected chi connectivity index (χ4v) is 1.73. The van der Waals surface area contributed by atoms with E-state index in [0.717, 1.165) is 11.3 Å². The Hall–Kier alpha value is -2.23. The highest BCUT2D eigenvalue weighted by Crippen LogP contribution is 2.20. The van der Waals surface area contributed by atoms with Crippen LogP contribution in [0.1, 0.15) is 31.1 Å². The van der Waals surface area contributed by atoms with Crippen LogP contribution in [0.2, 0.25) is 0 Å². The van der Waals surface area contributed by atoms with Gasteiger partial charge in [-0.2, -0.15) is 0 Å². The number of aromatic nitrogens is 2. The van der Waals surface area contributed by atoms with Crippen molar-refractivity contribution in [1.82, 2.24) is 15.3 Å². The minimum absolute atomic E-state index is 0.115. The van der Waals surface area contributed by atoms with E-state index in [4.69, 9.17) is 0 Å². The van der Waals surface area contributed by atoms with Crippen LogP contribution in [0.3, 0.4) is 0 Å². The number of hydrogen-bond donors (Lipinski definition) is 1. The van der Waals surface area contributed by atoms with E-state index in [1.54, 1.807) is 24.7 Å². The molecule has 0 aromatic carbocycles. The van der Waals surface area contributed by atoms with Crippen LogP contribution in [0.5, 0.6) is 0 Å². The fraction of sp³-hybridized carbons (Fsp3) is 0.267. The highest BCUT2D eigenvalue weighted by atomic mass is 16.1. The minimum Gasteiger partial charge on any atom is -0.347 e. The molecule has 0 saturated heterocycles. The van der Waals surface area contributed by atoms with Gasteiger partial charge >= 0.3 is 0 Å². The zero-order valence-corrected chi connectivity index (χ0v) is 11.3. The monoisotopic (exact) mass is 255 g/mol. The Kier molecular flexibility index (Phi) is 3.60. The molecule has 19 heavy (non-hydrogen) atoms. The Morgan fingerprint density at radius 1 is 1.16 bits per heavy atom. The van der Waals surface area contributed by atoms with E-state index in [0.29, 0.717) is 5.56 Å². The number of amides is 1. The van der Waals surface area contributed by atoms with Crippen molar-refractivity contribution in [1.29, 1.82) is 0 Å². The quantitative estimate of drug-likeness (QED) is 0.897. The molecule has 98 valence electrons. The molecule has 4 heteroatoms. The van der Waals surface area contributed by atoms with E-state index in [-0.39, 0.29) is 11.4 Å². The van der Waals surface area contributed by atoms with Gasteiger partial charge in [-0.15, -0.1) is 0 Å². The predicted molar refractivity (Wildman–Crippen MR) is 74.7 cm³/mol. The maximum Gasteiger partial charge on any atom is 0.252 e. The molecule has 0 aliphatic rings. The summed E-state index contributed by atoms with van der Waals surface area (Å²) in [5, 5.41) is 2.95. The first-order valence-corrected chi connectivity index (χ1v) is 6.15. The van der Waals surface area contributed by atoms with Gasteiger partial charge in [0, 0.05) is 29.7 Å². The molecule has 0 fully saturated rings. The molecule has 0 unspecified atom stereocenters. The standard InChI is InChI=1S/C15H17N3O/c1-15(2,3)18-14(19)11-7-9-16-10-12(11)13-6-4-5-8-17-13/h4-10H,1-3H3,(H,18,19). The molecule has 2 aromatic rings. The van der Waals surface area contributed by atoms with E-state index in [1.165, 1.54) is 0 Å². The lowest BCUT2D eigenvalue weighted by Crippen LogP contribution is -2.40. The van der Waals surface area contributed by atoms with E-state index in [1.807, 2.05) is 39.0 Å². The summed E-state index contributed by atoms with van der Waals surface area (Å²) in [6.07, 6.45) is 4.98. The van der Waals surface area contributed by atoms with Crippen molar-refractivity contribution in [2.45, 2.75) is 26.3 Å². The van der Waals surface area contributed by atoms with Crippen LogP contribution in [0.25, 0.3) is 11.3 Å². The summed E-state index contributed by atoms with van der Waals surface area (Å²) in [7, 11) is 0. The van der Waals surface area contributed by atoms with Crippen molar-refractivity contribution in [2.75, 3.05) is 0 Å². The van der Waals surface area contributed by atoms with E-state index in [9.17, 15) is 4.79 Å². The molecule has 2 aromatic heterocycles. The smallest absolute Gasteiger partial charge is 0.252 e. The van der Waals surface area contributed by atoms with Crippen LogP contribution in [-0.2, 0) is 0 Å². The van der Waals surface area contributed by atoms with Crippen molar-refractivity contribution < 1.29 is 4.79 Å². The molecule has 0 spiro atoms. The van der Waals surface area contributed by atoms with Crippen LogP contribution in [0, 0.1) is 0 Å². The van der Waals surface area contributed by atoms with Gasteiger partial charge in [-0.25, -0.2) is 0 Å². The van der Waals surface area contributed by atoms with Gasteiger partial charge in [0.05, 0.1) is 11.3 Å². The molecule has 0 saturated carbocycles. The number of pyridine rings is 2. The molecule has 1 N–H and O–H groups in total. The molecule has 0 radical (unpaired) electrons. The van der Waals surface area contributed by atoms with Gasteiger partial charge < -0.3 is 5.32 Å². The minimum atomic E-state index is -0.276. The van der Waals surface area contributed by atoms with Gasteiger partial charge in [0.2, 0.25) is 0 Å². The molecule has 0 aliphatic heterocycles. The van der Waals surface area contributed by atoms with Crippen molar-refractivity contribution >= 4 is 5.91 Å². The fourth-order valence-electron chi connectivity index (χ4n) is 1.73. The van der Waals surface area contributed by atoms with Gasteiger partial charge in [0.1, 0.15) is 0 Å². The summed E-state index contributed by atoms with van der Waals surface area (Å²) in [5.41, 5.74) is 1.80. The summed E-state index contributed by atoms with van der Waals surface area (Å²) >= 11 is 0. The van der Waals surface area contributed by atoms with Gasteiger partial charge in [-0.05, 0) is 39.0 Å². The van der Waals surface area contributed by atoms with E-state index >= 15 is 0 Å². The second-order valence-corrected chi connectivity index (χ2v) is 5.34. The molecule has 0 aliphatic carbocycles. The van der Waals surface area contributed by atoms with Crippen molar-refractivity contribution in [3.8, 4) is 11.3 Å². The SMILES string of the molecule is CC(C)(C)NC(=O)c1ccncc1-c1ccccn1. The number of hydrogen-bond acceptors (Lipinski definition) is 3. The summed E-state index contributed by atoms with van der Waals surface area (Å²) < 4.78 is 0. The normalized spacial score (nSPS) is 11.1. The average molecular weight is 255 g/mol. The third-order valence-electron chi connectivity index (χ3n) is 2.50. The Labute approximate surface area is 112 Å². The van der Waals surface area contributed by atoms with Gasteiger partial charge in [0.25, 0.3) is 5.91 Å². The largest absolute Gasteiger partial charge is 0.347 e. The van der Waals surface area contributed by atoms with Crippen LogP contribution in [0.4, 0.5) is 0 Å². The molecule has 4 nitrogen and oxygen atoms in total. The summed E-state index contributed by atoms with van der Waals surface area (Å²) in [4.78, 5) is 20.6. The first-order valence-electron chi connectivity index (χ1n) is 6.15. The van der Waals surface area contributed by atoms with E-state index in [2.05, 4.69) is 15.3 Å². The lowest BCUT2D eigenvalue weighted by molar-refractivity contribution is 0.0920. The zero-order chi connectivity index (χ0) is 13.9. The Morgan fingerprint density at radius 3 is 2.58 bits per heavy atom. The second-order valence-electron chi connectivity index (χ2n) is 5.34. The maximum atomic E-state index is 12.3. The summed E-state index contributed by atoms with van der Waals surface area (Å²) in [6.45, 7) is 5.85. The highest BCUT2D eigenvalue weighted by molar-refractivity contribution is 6.00.